The van der Waals surface area contributed by atoms with Gasteiger partial charge < -0.3 is 4.90 Å². The molecule has 1 aromatic heterocycles. The topological polar surface area (TPSA) is 38.1 Å². The first-order chi connectivity index (χ1) is 12.3. The molecule has 25 heavy (non-hydrogen) atoms. The van der Waals surface area contributed by atoms with Gasteiger partial charge in [-0.2, -0.15) is 4.98 Å². The van der Waals surface area contributed by atoms with Gasteiger partial charge in [0, 0.05) is 18.5 Å². The van der Waals surface area contributed by atoms with Crippen LogP contribution in [-0.4, -0.2) is 22.6 Å². The predicted molar refractivity (Wildman–Crippen MR) is 101 cm³/mol. The number of para-hydroxylation sites is 1. The fourth-order valence-corrected chi connectivity index (χ4v) is 3.89. The van der Waals surface area contributed by atoms with Crippen LogP contribution in [0.1, 0.15) is 37.2 Å². The molecule has 0 spiro atoms. The van der Waals surface area contributed by atoms with Gasteiger partial charge in [-0.1, -0.05) is 24.3 Å². The molecule has 0 N–H and O–H groups in total. The van der Waals surface area contributed by atoms with Gasteiger partial charge >= 0.3 is 5.69 Å². The normalized spacial score (nSPS) is 17.4. The van der Waals surface area contributed by atoms with Crippen LogP contribution in [0.15, 0.2) is 53.3 Å². The summed E-state index contributed by atoms with van der Waals surface area (Å²) < 4.78 is 1.76. The zero-order valence-corrected chi connectivity index (χ0v) is 14.2. The first-order valence-electron chi connectivity index (χ1n) is 9.18. The van der Waals surface area contributed by atoms with E-state index in [0.717, 1.165) is 35.5 Å². The Morgan fingerprint density at radius 3 is 2.44 bits per heavy atom. The van der Waals surface area contributed by atoms with Gasteiger partial charge in [-0.3, -0.25) is 4.57 Å². The van der Waals surface area contributed by atoms with E-state index >= 15 is 0 Å². The van der Waals surface area contributed by atoms with E-state index in [4.69, 9.17) is 0 Å². The van der Waals surface area contributed by atoms with E-state index in [0.29, 0.717) is 5.92 Å². The maximum absolute atomic E-state index is 12.9. The van der Waals surface area contributed by atoms with Crippen molar-refractivity contribution in [3.05, 3.63) is 64.6 Å². The zero-order valence-electron chi connectivity index (χ0n) is 14.2. The summed E-state index contributed by atoms with van der Waals surface area (Å²) in [6.07, 6.45) is 4.85. The maximum atomic E-state index is 12.9. The predicted octanol–water partition coefficient (Wildman–Crippen LogP) is 3.86. The van der Waals surface area contributed by atoms with E-state index < -0.39 is 0 Å². The van der Waals surface area contributed by atoms with Crippen LogP contribution in [0, 0.1) is 0 Å². The highest BCUT2D eigenvalue weighted by Crippen LogP contribution is 2.41. The van der Waals surface area contributed by atoms with Crippen molar-refractivity contribution in [3.8, 4) is 5.69 Å². The van der Waals surface area contributed by atoms with Crippen LogP contribution in [0.25, 0.3) is 16.6 Å². The molecular weight excluding hydrogens is 310 g/mol. The van der Waals surface area contributed by atoms with Crippen molar-refractivity contribution in [1.82, 2.24) is 9.55 Å². The molecule has 2 fully saturated rings. The minimum atomic E-state index is -0.187. The molecule has 4 nitrogen and oxygen atoms in total. The van der Waals surface area contributed by atoms with Crippen molar-refractivity contribution in [1.29, 1.82) is 0 Å². The summed E-state index contributed by atoms with van der Waals surface area (Å²) in [5.41, 5.74) is 3.02. The number of benzene rings is 2. The molecule has 0 bridgehead atoms. The van der Waals surface area contributed by atoms with Crippen LogP contribution >= 0.6 is 0 Å². The third kappa shape index (κ3) is 2.53. The van der Waals surface area contributed by atoms with Gasteiger partial charge in [-0.25, -0.2) is 4.79 Å². The average molecular weight is 331 g/mol. The van der Waals surface area contributed by atoms with Crippen molar-refractivity contribution in [2.75, 3.05) is 18.0 Å². The molecule has 0 unspecified atom stereocenters. The molecule has 0 radical (unpaired) electrons. The molecule has 1 aliphatic carbocycles. The first-order valence-corrected chi connectivity index (χ1v) is 9.18. The lowest BCUT2D eigenvalue weighted by Gasteiger charge is -2.20. The molecule has 2 aliphatic rings. The van der Waals surface area contributed by atoms with Gasteiger partial charge in [0.05, 0.1) is 11.2 Å². The van der Waals surface area contributed by atoms with Gasteiger partial charge in [0.15, 0.2) is 0 Å². The van der Waals surface area contributed by atoms with Crippen LogP contribution in [-0.2, 0) is 0 Å². The first kappa shape index (κ1) is 14.7. The molecule has 4 heteroatoms. The molecule has 126 valence electrons. The number of hydrogen-bond donors (Lipinski definition) is 0. The summed E-state index contributed by atoms with van der Waals surface area (Å²) in [5.74, 6) is 1.51. The molecule has 2 heterocycles. The summed E-state index contributed by atoms with van der Waals surface area (Å²) in [4.78, 5) is 19.7. The Bertz CT molecular complexity index is 983. The van der Waals surface area contributed by atoms with Gasteiger partial charge in [0.1, 0.15) is 5.82 Å². The van der Waals surface area contributed by atoms with E-state index in [9.17, 15) is 4.79 Å². The van der Waals surface area contributed by atoms with E-state index in [1.807, 2.05) is 30.3 Å². The molecule has 1 saturated heterocycles. The van der Waals surface area contributed by atoms with Crippen molar-refractivity contribution < 1.29 is 0 Å². The second kappa shape index (κ2) is 5.73. The van der Waals surface area contributed by atoms with Crippen LogP contribution in [0.3, 0.4) is 0 Å². The van der Waals surface area contributed by atoms with Gasteiger partial charge in [0.25, 0.3) is 0 Å². The van der Waals surface area contributed by atoms with Crippen molar-refractivity contribution >= 4 is 16.7 Å². The largest absolute Gasteiger partial charge is 0.356 e. The van der Waals surface area contributed by atoms with Gasteiger partial charge in [0.2, 0.25) is 0 Å². The standard InChI is InChI=1S/C21H21N3O/c25-21-22-20(23-12-4-5-13-23)18-11-10-16(15-8-9-15)14-19(18)24(21)17-6-2-1-3-7-17/h1-3,6-7,10-11,14-15H,4-5,8-9,12-13H2. The summed E-state index contributed by atoms with van der Waals surface area (Å²) in [7, 11) is 0. The Labute approximate surface area is 146 Å². The second-order valence-electron chi connectivity index (χ2n) is 7.13. The van der Waals surface area contributed by atoms with Gasteiger partial charge in [-0.15, -0.1) is 0 Å². The highest BCUT2D eigenvalue weighted by Gasteiger charge is 2.25. The molecule has 5 rings (SSSR count). The van der Waals surface area contributed by atoms with E-state index in [1.165, 1.54) is 31.2 Å². The Balaban J connectivity index is 1.80. The SMILES string of the molecule is O=c1nc(N2CCCC2)c2ccc(C3CC3)cc2n1-c1ccccc1. The van der Waals surface area contributed by atoms with E-state index in [-0.39, 0.29) is 5.69 Å². The maximum Gasteiger partial charge on any atom is 0.354 e. The van der Waals surface area contributed by atoms with E-state index in [2.05, 4.69) is 28.1 Å². The van der Waals surface area contributed by atoms with Crippen LogP contribution in [0.2, 0.25) is 0 Å². The van der Waals surface area contributed by atoms with Crippen LogP contribution < -0.4 is 10.6 Å². The molecule has 0 atom stereocenters. The Morgan fingerprint density at radius 2 is 1.72 bits per heavy atom. The third-order valence-corrected chi connectivity index (χ3v) is 5.37. The Kier molecular flexibility index (Phi) is 3.37. The number of hydrogen-bond acceptors (Lipinski definition) is 3. The minimum Gasteiger partial charge on any atom is -0.356 e. The Hall–Kier alpha value is -2.62. The molecule has 2 aromatic carbocycles. The molecule has 1 aliphatic heterocycles. The smallest absolute Gasteiger partial charge is 0.354 e. The lowest BCUT2D eigenvalue weighted by Crippen LogP contribution is -2.28. The molecule has 1 saturated carbocycles. The fraction of sp³-hybridized carbons (Fsp3) is 0.333. The lowest BCUT2D eigenvalue weighted by atomic mass is 10.1. The zero-order chi connectivity index (χ0) is 16.8. The summed E-state index contributed by atoms with van der Waals surface area (Å²) in [6.45, 7) is 1.97. The van der Waals surface area contributed by atoms with Gasteiger partial charge in [-0.05, 0) is 61.4 Å². The lowest BCUT2D eigenvalue weighted by molar-refractivity contribution is 0.893. The Morgan fingerprint density at radius 1 is 0.960 bits per heavy atom. The fourth-order valence-electron chi connectivity index (χ4n) is 3.89. The number of nitrogens with zero attached hydrogens (tertiary/aromatic N) is 3. The molecule has 0 amide bonds. The highest BCUT2D eigenvalue weighted by atomic mass is 16.1. The second-order valence-corrected chi connectivity index (χ2v) is 7.13. The third-order valence-electron chi connectivity index (χ3n) is 5.37. The number of fused-ring (bicyclic) bond motifs is 1. The van der Waals surface area contributed by atoms with Crippen molar-refractivity contribution in [3.63, 3.8) is 0 Å². The molecular formula is C21H21N3O. The number of aromatic nitrogens is 2. The highest BCUT2D eigenvalue weighted by molar-refractivity contribution is 5.91. The number of rotatable bonds is 3. The van der Waals surface area contributed by atoms with Crippen LogP contribution in [0.5, 0.6) is 0 Å². The summed E-state index contributed by atoms with van der Waals surface area (Å²) in [5, 5.41) is 1.08. The summed E-state index contributed by atoms with van der Waals surface area (Å²) >= 11 is 0. The quantitative estimate of drug-likeness (QED) is 0.731. The summed E-state index contributed by atoms with van der Waals surface area (Å²) in [6, 6.07) is 16.5. The minimum absolute atomic E-state index is 0.187. The monoisotopic (exact) mass is 331 g/mol. The molecule has 3 aromatic rings. The van der Waals surface area contributed by atoms with Crippen molar-refractivity contribution in [2.45, 2.75) is 31.6 Å². The van der Waals surface area contributed by atoms with E-state index in [1.54, 1.807) is 4.57 Å². The van der Waals surface area contributed by atoms with Crippen molar-refractivity contribution in [2.24, 2.45) is 0 Å². The average Bonchev–Trinajstić information content (AvgIpc) is 3.36. The number of anilines is 1. The van der Waals surface area contributed by atoms with Crippen LogP contribution in [0.4, 0.5) is 5.82 Å².